The Kier molecular flexibility index (Phi) is 2.78. The van der Waals surface area contributed by atoms with Crippen molar-refractivity contribution < 1.29 is 19.1 Å². The lowest BCUT2D eigenvalue weighted by Crippen LogP contribution is -2.41. The average molecular weight is 261 g/mol. The van der Waals surface area contributed by atoms with Gasteiger partial charge >= 0.3 is 5.97 Å². The number of aromatic nitrogens is 1. The van der Waals surface area contributed by atoms with Crippen molar-refractivity contribution >= 4 is 17.1 Å². The highest BCUT2D eigenvalue weighted by Gasteiger charge is 2.38. The van der Waals surface area contributed by atoms with Crippen molar-refractivity contribution in [3.8, 4) is 0 Å². The number of hydrogen-bond donors (Lipinski definition) is 1. The van der Waals surface area contributed by atoms with Gasteiger partial charge in [-0.25, -0.2) is 9.78 Å². The Morgan fingerprint density at radius 3 is 2.89 bits per heavy atom. The van der Waals surface area contributed by atoms with Gasteiger partial charge in [0.25, 0.3) is 0 Å². The summed E-state index contributed by atoms with van der Waals surface area (Å²) in [6.07, 6.45) is 3.84. The summed E-state index contributed by atoms with van der Waals surface area (Å²) < 4.78 is 11.2. The number of carboxylic acid groups (broad SMARTS) is 1. The van der Waals surface area contributed by atoms with E-state index < -0.39 is 5.97 Å². The van der Waals surface area contributed by atoms with Gasteiger partial charge in [0.05, 0.1) is 17.6 Å². The van der Waals surface area contributed by atoms with Crippen molar-refractivity contribution in [3.05, 3.63) is 29.7 Å². The molecule has 0 atom stereocenters. The second-order valence-corrected chi connectivity index (χ2v) is 5.01. The Hall–Kier alpha value is -1.88. The van der Waals surface area contributed by atoms with Gasteiger partial charge in [-0.1, -0.05) is 0 Å². The number of aromatic carboxylic acids is 1. The van der Waals surface area contributed by atoms with Crippen LogP contribution >= 0.6 is 0 Å². The van der Waals surface area contributed by atoms with Gasteiger partial charge in [-0.3, -0.25) is 0 Å². The van der Waals surface area contributed by atoms with Gasteiger partial charge in [-0.05, 0) is 37.5 Å². The normalized spacial score (nSPS) is 17.3. The van der Waals surface area contributed by atoms with E-state index in [1.54, 1.807) is 13.2 Å². The van der Waals surface area contributed by atoms with Crippen LogP contribution in [0.2, 0.25) is 0 Å². The molecule has 100 valence electrons. The van der Waals surface area contributed by atoms with Crippen molar-refractivity contribution in [2.75, 3.05) is 7.11 Å². The molecule has 1 aromatic carbocycles. The number of carboxylic acids is 1. The first kappa shape index (κ1) is 12.2. The molecule has 0 saturated heterocycles. The molecule has 0 radical (unpaired) electrons. The highest BCUT2D eigenvalue weighted by molar-refractivity contribution is 5.91. The summed E-state index contributed by atoms with van der Waals surface area (Å²) in [4.78, 5) is 15.3. The molecule has 1 aromatic heterocycles. The predicted octanol–water partition coefficient (Wildman–Crippen LogP) is 2.64. The first-order chi connectivity index (χ1) is 9.12. The zero-order valence-electron chi connectivity index (χ0n) is 10.7. The van der Waals surface area contributed by atoms with Crippen LogP contribution in [0.4, 0.5) is 0 Å². The molecule has 5 heteroatoms. The predicted molar refractivity (Wildman–Crippen MR) is 68.3 cm³/mol. The molecule has 0 spiro atoms. The van der Waals surface area contributed by atoms with Crippen LogP contribution in [0.5, 0.6) is 0 Å². The standard InChI is InChI=1S/C14H15NO4/c1-18-14(5-2-6-14)8-12-15-10-7-9(13(16)17)3-4-11(10)19-12/h3-4,7H,2,5-6,8H2,1H3,(H,16,17). The van der Waals surface area contributed by atoms with Crippen LogP contribution in [0.25, 0.3) is 11.1 Å². The SMILES string of the molecule is COC1(Cc2nc3cc(C(=O)O)ccc3o2)CCC1. The van der Waals surface area contributed by atoms with E-state index in [9.17, 15) is 4.79 Å². The Bertz CT molecular complexity index is 622. The number of nitrogens with zero attached hydrogens (tertiary/aromatic N) is 1. The number of benzene rings is 1. The summed E-state index contributed by atoms with van der Waals surface area (Å²) in [5.41, 5.74) is 1.28. The molecular weight excluding hydrogens is 246 g/mol. The second-order valence-electron chi connectivity index (χ2n) is 5.01. The first-order valence-corrected chi connectivity index (χ1v) is 6.30. The number of hydrogen-bond acceptors (Lipinski definition) is 4. The summed E-state index contributed by atoms with van der Waals surface area (Å²) in [6, 6.07) is 4.70. The van der Waals surface area contributed by atoms with E-state index in [1.807, 2.05) is 0 Å². The maximum Gasteiger partial charge on any atom is 0.335 e. The fourth-order valence-corrected chi connectivity index (χ4v) is 2.48. The van der Waals surface area contributed by atoms with Gasteiger partial charge in [0, 0.05) is 7.11 Å². The van der Waals surface area contributed by atoms with Gasteiger partial charge in [0.1, 0.15) is 5.52 Å². The summed E-state index contributed by atoms with van der Waals surface area (Å²) in [5, 5.41) is 8.94. The molecular formula is C14H15NO4. The number of oxazole rings is 1. The molecule has 1 saturated carbocycles. The second kappa shape index (κ2) is 4.35. The van der Waals surface area contributed by atoms with Gasteiger partial charge < -0.3 is 14.3 Å². The average Bonchev–Trinajstić information content (AvgIpc) is 2.74. The van der Waals surface area contributed by atoms with Crippen LogP contribution in [-0.4, -0.2) is 28.8 Å². The van der Waals surface area contributed by atoms with Crippen LogP contribution in [0, 0.1) is 0 Å². The van der Waals surface area contributed by atoms with Crippen LogP contribution in [0.15, 0.2) is 22.6 Å². The molecule has 2 aromatic rings. The smallest absolute Gasteiger partial charge is 0.335 e. The van der Waals surface area contributed by atoms with Crippen molar-refractivity contribution in [3.63, 3.8) is 0 Å². The molecule has 0 amide bonds. The number of fused-ring (bicyclic) bond motifs is 1. The molecule has 0 unspecified atom stereocenters. The topological polar surface area (TPSA) is 72.6 Å². The molecule has 1 aliphatic carbocycles. The van der Waals surface area contributed by atoms with Gasteiger partial charge in [0.2, 0.25) is 0 Å². The number of ether oxygens (including phenoxy) is 1. The van der Waals surface area contributed by atoms with E-state index in [0.717, 1.165) is 19.3 Å². The largest absolute Gasteiger partial charge is 0.478 e. The van der Waals surface area contributed by atoms with E-state index in [1.165, 1.54) is 12.1 Å². The molecule has 0 aliphatic heterocycles. The molecule has 0 bridgehead atoms. The molecule has 1 fully saturated rings. The highest BCUT2D eigenvalue weighted by atomic mass is 16.5. The van der Waals surface area contributed by atoms with Crippen molar-refractivity contribution in [2.45, 2.75) is 31.3 Å². The summed E-state index contributed by atoms with van der Waals surface area (Å²) >= 11 is 0. The third kappa shape index (κ3) is 2.10. The number of carbonyl (C=O) groups is 1. The molecule has 5 nitrogen and oxygen atoms in total. The van der Waals surface area contributed by atoms with Crippen LogP contribution in [0.1, 0.15) is 35.5 Å². The number of methoxy groups -OCH3 is 1. The first-order valence-electron chi connectivity index (χ1n) is 6.30. The number of rotatable bonds is 4. The summed E-state index contributed by atoms with van der Waals surface area (Å²) in [7, 11) is 1.71. The van der Waals surface area contributed by atoms with E-state index in [0.29, 0.717) is 23.4 Å². The summed E-state index contributed by atoms with van der Waals surface area (Å²) in [6.45, 7) is 0. The molecule has 1 heterocycles. The quantitative estimate of drug-likeness (QED) is 0.915. The Morgan fingerprint density at radius 1 is 1.53 bits per heavy atom. The van der Waals surface area contributed by atoms with Crippen molar-refractivity contribution in [1.82, 2.24) is 4.98 Å². The van der Waals surface area contributed by atoms with Gasteiger partial charge in [-0.2, -0.15) is 0 Å². The van der Waals surface area contributed by atoms with Gasteiger partial charge in [0.15, 0.2) is 11.5 Å². The van der Waals surface area contributed by atoms with E-state index in [4.69, 9.17) is 14.3 Å². The minimum Gasteiger partial charge on any atom is -0.478 e. The third-order valence-corrected chi connectivity index (χ3v) is 3.85. The minimum atomic E-state index is -0.959. The van der Waals surface area contributed by atoms with E-state index in [2.05, 4.69) is 4.98 Å². The minimum absolute atomic E-state index is 0.142. The summed E-state index contributed by atoms with van der Waals surface area (Å²) in [5.74, 6) is -0.349. The highest BCUT2D eigenvalue weighted by Crippen LogP contribution is 2.38. The van der Waals surface area contributed by atoms with E-state index in [-0.39, 0.29) is 11.2 Å². The zero-order valence-corrected chi connectivity index (χ0v) is 10.7. The van der Waals surface area contributed by atoms with Crippen molar-refractivity contribution in [2.24, 2.45) is 0 Å². The molecule has 3 rings (SSSR count). The fourth-order valence-electron chi connectivity index (χ4n) is 2.48. The van der Waals surface area contributed by atoms with E-state index >= 15 is 0 Å². The van der Waals surface area contributed by atoms with Crippen LogP contribution in [-0.2, 0) is 11.2 Å². The lowest BCUT2D eigenvalue weighted by molar-refractivity contribution is -0.0743. The fraction of sp³-hybridized carbons (Fsp3) is 0.429. The monoisotopic (exact) mass is 261 g/mol. The molecule has 19 heavy (non-hydrogen) atoms. The third-order valence-electron chi connectivity index (χ3n) is 3.85. The lowest BCUT2D eigenvalue weighted by Gasteiger charge is -2.39. The maximum atomic E-state index is 10.9. The Labute approximate surface area is 110 Å². The molecule has 1 aliphatic rings. The molecule has 1 N–H and O–H groups in total. The van der Waals surface area contributed by atoms with Crippen LogP contribution < -0.4 is 0 Å². The Morgan fingerprint density at radius 2 is 2.32 bits per heavy atom. The van der Waals surface area contributed by atoms with Crippen LogP contribution in [0.3, 0.4) is 0 Å². The van der Waals surface area contributed by atoms with Gasteiger partial charge in [-0.15, -0.1) is 0 Å². The van der Waals surface area contributed by atoms with Crippen molar-refractivity contribution in [1.29, 1.82) is 0 Å². The zero-order chi connectivity index (χ0) is 13.5. The maximum absolute atomic E-state index is 10.9. The Balaban J connectivity index is 1.91. The lowest BCUT2D eigenvalue weighted by atomic mass is 9.77.